The van der Waals surface area contributed by atoms with Crippen LogP contribution in [0.25, 0.3) is 22.3 Å². The van der Waals surface area contributed by atoms with E-state index >= 15 is 0 Å². The van der Waals surface area contributed by atoms with Gasteiger partial charge in [-0.2, -0.15) is 4.98 Å². The average molecular weight is 485 g/mol. The summed E-state index contributed by atoms with van der Waals surface area (Å²) in [6.45, 7) is 10.4. The second-order valence-electron chi connectivity index (χ2n) is 10.1. The Bertz CT molecular complexity index is 1180. The lowest BCUT2D eigenvalue weighted by atomic mass is 9.98. The first-order chi connectivity index (χ1) is 16.1. The van der Waals surface area contributed by atoms with Crippen molar-refractivity contribution in [2.24, 2.45) is 13.0 Å². The van der Waals surface area contributed by atoms with Crippen LogP contribution in [0, 0.1) is 12.8 Å². The Morgan fingerprint density at radius 3 is 2.59 bits per heavy atom. The lowest BCUT2D eigenvalue weighted by molar-refractivity contribution is 0.0105. The predicted octanol–water partition coefficient (Wildman–Crippen LogP) is 5.76. The molecule has 0 saturated carbocycles. The van der Waals surface area contributed by atoms with Crippen LogP contribution in [-0.2, 0) is 23.1 Å². The van der Waals surface area contributed by atoms with Gasteiger partial charge in [-0.05, 0) is 81.3 Å². The Labute approximate surface area is 206 Å². The molecule has 0 aliphatic carbocycles. The van der Waals surface area contributed by atoms with Gasteiger partial charge in [-0.3, -0.25) is 0 Å². The molecule has 34 heavy (non-hydrogen) atoms. The van der Waals surface area contributed by atoms with Crippen molar-refractivity contribution in [1.29, 1.82) is 0 Å². The quantitative estimate of drug-likeness (QED) is 0.430. The Morgan fingerprint density at radius 2 is 1.91 bits per heavy atom. The highest BCUT2D eigenvalue weighted by atomic mass is 35.5. The van der Waals surface area contributed by atoms with Crippen molar-refractivity contribution in [1.82, 2.24) is 19.4 Å². The summed E-state index contributed by atoms with van der Waals surface area (Å²) in [6.07, 6.45) is 3.60. The van der Waals surface area contributed by atoms with Gasteiger partial charge in [0.15, 0.2) is 0 Å². The number of carbonyl (C=O) groups excluding carboxylic acids is 1. The highest BCUT2D eigenvalue weighted by molar-refractivity contribution is 6.28. The molecule has 1 aliphatic heterocycles. The zero-order chi connectivity index (χ0) is 24.5. The molecule has 2 aromatic heterocycles. The lowest BCUT2D eigenvalue weighted by Crippen LogP contribution is -2.42. The van der Waals surface area contributed by atoms with Crippen LogP contribution >= 0.6 is 11.6 Å². The number of aromatic nitrogens is 3. The third-order valence-corrected chi connectivity index (χ3v) is 6.36. The van der Waals surface area contributed by atoms with E-state index in [1.807, 2.05) is 44.6 Å². The number of ether oxygens (including phenoxy) is 2. The minimum atomic E-state index is -0.461. The Kier molecular flexibility index (Phi) is 7.14. The molecule has 0 unspecified atom stereocenters. The molecule has 1 saturated heterocycles. The molecule has 3 heterocycles. The maximum Gasteiger partial charge on any atom is 0.410 e. The van der Waals surface area contributed by atoms with Gasteiger partial charge in [0.2, 0.25) is 5.28 Å². The summed E-state index contributed by atoms with van der Waals surface area (Å²) in [7, 11) is 1.95. The maximum absolute atomic E-state index is 12.2. The van der Waals surface area contributed by atoms with Gasteiger partial charge < -0.3 is 18.9 Å². The molecule has 1 fully saturated rings. The normalized spacial score (nSPS) is 15.2. The Morgan fingerprint density at radius 1 is 1.18 bits per heavy atom. The van der Waals surface area contributed by atoms with E-state index < -0.39 is 5.60 Å². The number of amides is 1. The third-order valence-electron chi connectivity index (χ3n) is 6.19. The molecule has 0 atom stereocenters. The van der Waals surface area contributed by atoms with E-state index in [0.717, 1.165) is 46.3 Å². The molecular formula is C26H33ClN4O3. The van der Waals surface area contributed by atoms with Crippen molar-refractivity contribution in [3.8, 4) is 11.3 Å². The summed E-state index contributed by atoms with van der Waals surface area (Å²) in [4.78, 5) is 22.9. The summed E-state index contributed by atoms with van der Waals surface area (Å²) in [5.41, 5.74) is 4.50. The molecule has 0 spiro atoms. The van der Waals surface area contributed by atoms with Crippen LogP contribution in [0.15, 0.2) is 30.5 Å². The van der Waals surface area contributed by atoms with Gasteiger partial charge in [0.25, 0.3) is 0 Å². The number of benzene rings is 1. The molecule has 8 heteroatoms. The second kappa shape index (κ2) is 9.92. The van der Waals surface area contributed by atoms with Gasteiger partial charge in [-0.25, -0.2) is 9.78 Å². The lowest BCUT2D eigenvalue weighted by Gasteiger charge is -2.33. The van der Waals surface area contributed by atoms with Crippen LogP contribution in [0.3, 0.4) is 0 Å². The number of rotatable bonds is 5. The molecule has 3 aromatic rings. The molecule has 0 bridgehead atoms. The number of likely N-dealkylation sites (tertiary alicyclic amines) is 1. The van der Waals surface area contributed by atoms with Crippen LogP contribution in [0.4, 0.5) is 4.79 Å². The monoisotopic (exact) mass is 484 g/mol. The van der Waals surface area contributed by atoms with Gasteiger partial charge in [-0.1, -0.05) is 12.1 Å². The van der Waals surface area contributed by atoms with Crippen LogP contribution < -0.4 is 0 Å². The molecule has 1 aliphatic rings. The number of halogens is 1. The summed E-state index contributed by atoms with van der Waals surface area (Å²) in [6, 6.07) is 8.31. The molecule has 0 radical (unpaired) electrons. The van der Waals surface area contributed by atoms with Gasteiger partial charge in [-0.15, -0.1) is 0 Å². The fourth-order valence-corrected chi connectivity index (χ4v) is 4.44. The predicted molar refractivity (Wildman–Crippen MR) is 134 cm³/mol. The summed E-state index contributed by atoms with van der Waals surface area (Å²) >= 11 is 6.19. The Hall–Kier alpha value is -2.64. The number of nitrogens with zero attached hydrogens (tertiary/aromatic N) is 4. The highest BCUT2D eigenvalue weighted by Crippen LogP contribution is 2.29. The number of fused-ring (bicyclic) bond motifs is 1. The van der Waals surface area contributed by atoms with Crippen LogP contribution in [-0.4, -0.2) is 50.8 Å². The van der Waals surface area contributed by atoms with Crippen molar-refractivity contribution < 1.29 is 14.3 Å². The second-order valence-corrected chi connectivity index (χ2v) is 10.4. The van der Waals surface area contributed by atoms with Crippen molar-refractivity contribution in [2.75, 3.05) is 19.7 Å². The van der Waals surface area contributed by atoms with E-state index in [9.17, 15) is 4.79 Å². The summed E-state index contributed by atoms with van der Waals surface area (Å²) in [5.74, 6) is 0.452. The number of piperidine rings is 1. The standard InChI is InChI=1S/C26H33ClN4O3/c1-17-14-19(22-21-10-11-30(5)23(21)29-24(27)28-22)6-7-20(17)16-33-15-18-8-12-31(13-9-18)25(32)34-26(2,3)4/h6-7,10-11,14,18H,8-9,12-13,15-16H2,1-5H3. The topological polar surface area (TPSA) is 69.5 Å². The largest absolute Gasteiger partial charge is 0.444 e. The van der Waals surface area contributed by atoms with Crippen molar-refractivity contribution >= 4 is 28.7 Å². The van der Waals surface area contributed by atoms with E-state index in [1.165, 1.54) is 0 Å². The van der Waals surface area contributed by atoms with Crippen LogP contribution in [0.1, 0.15) is 44.7 Å². The highest BCUT2D eigenvalue weighted by Gasteiger charge is 2.27. The first-order valence-corrected chi connectivity index (χ1v) is 12.1. The summed E-state index contributed by atoms with van der Waals surface area (Å²) < 4.78 is 13.5. The minimum absolute atomic E-state index is 0.222. The third kappa shape index (κ3) is 5.70. The van der Waals surface area contributed by atoms with E-state index in [-0.39, 0.29) is 11.4 Å². The first kappa shape index (κ1) is 24.5. The zero-order valence-corrected chi connectivity index (χ0v) is 21.4. The van der Waals surface area contributed by atoms with E-state index in [4.69, 9.17) is 21.1 Å². The van der Waals surface area contributed by atoms with Gasteiger partial charge in [0.05, 0.1) is 12.3 Å². The summed E-state index contributed by atoms with van der Waals surface area (Å²) in [5, 5.41) is 1.22. The van der Waals surface area contributed by atoms with Gasteiger partial charge in [0, 0.05) is 43.9 Å². The van der Waals surface area contributed by atoms with E-state index in [2.05, 4.69) is 35.1 Å². The van der Waals surface area contributed by atoms with Crippen LogP contribution in [0.5, 0.6) is 0 Å². The van der Waals surface area contributed by atoms with Crippen molar-refractivity contribution in [3.05, 3.63) is 46.9 Å². The zero-order valence-electron chi connectivity index (χ0n) is 20.6. The first-order valence-electron chi connectivity index (χ1n) is 11.7. The molecule has 0 N–H and O–H groups in total. The number of aryl methyl sites for hydroxylation is 2. The van der Waals surface area contributed by atoms with Crippen molar-refractivity contribution in [2.45, 2.75) is 52.7 Å². The van der Waals surface area contributed by atoms with E-state index in [1.54, 1.807) is 4.90 Å². The molecule has 182 valence electrons. The molecular weight excluding hydrogens is 452 g/mol. The number of carbonyl (C=O) groups is 1. The van der Waals surface area contributed by atoms with E-state index in [0.29, 0.717) is 32.2 Å². The fourth-order valence-electron chi connectivity index (χ4n) is 4.28. The number of hydrogen-bond donors (Lipinski definition) is 0. The van der Waals surface area contributed by atoms with Crippen LogP contribution in [0.2, 0.25) is 5.28 Å². The number of hydrogen-bond acceptors (Lipinski definition) is 5. The maximum atomic E-state index is 12.2. The van der Waals surface area contributed by atoms with Gasteiger partial charge in [0.1, 0.15) is 11.2 Å². The molecule has 4 rings (SSSR count). The van der Waals surface area contributed by atoms with Gasteiger partial charge >= 0.3 is 6.09 Å². The molecule has 7 nitrogen and oxygen atoms in total. The average Bonchev–Trinajstić information content (AvgIpc) is 3.14. The SMILES string of the molecule is Cc1cc(-c2nc(Cl)nc3c2ccn3C)ccc1COCC1CCN(C(=O)OC(C)(C)C)CC1. The minimum Gasteiger partial charge on any atom is -0.444 e. The Balaban J connectivity index is 1.32. The van der Waals surface area contributed by atoms with Crippen molar-refractivity contribution in [3.63, 3.8) is 0 Å². The molecule has 1 amide bonds. The smallest absolute Gasteiger partial charge is 0.410 e. The molecule has 1 aromatic carbocycles. The fraction of sp³-hybridized carbons (Fsp3) is 0.500.